The van der Waals surface area contributed by atoms with E-state index in [1.807, 2.05) is 60.7 Å². The first-order chi connectivity index (χ1) is 10.3. The summed E-state index contributed by atoms with van der Waals surface area (Å²) in [4.78, 5) is 12.6. The highest BCUT2D eigenvalue weighted by Crippen LogP contribution is 2.36. The van der Waals surface area contributed by atoms with Crippen LogP contribution in [0.25, 0.3) is 0 Å². The SMILES string of the molecule is O=C1CCCCC1(C#Cc1ccccc1)c1ccccc1. The van der Waals surface area contributed by atoms with Gasteiger partial charge in [0.25, 0.3) is 0 Å². The molecule has 0 saturated heterocycles. The molecule has 0 bridgehead atoms. The molecule has 0 aliphatic heterocycles. The average Bonchev–Trinajstić information content (AvgIpc) is 2.56. The summed E-state index contributed by atoms with van der Waals surface area (Å²) < 4.78 is 0. The van der Waals surface area contributed by atoms with Crippen molar-refractivity contribution in [2.45, 2.75) is 31.1 Å². The fourth-order valence-corrected chi connectivity index (χ4v) is 2.96. The Bertz CT molecular complexity index is 676. The standard InChI is InChI=1S/C20H18O/c21-19-13-7-8-15-20(19,18-11-5-2-6-12-18)16-14-17-9-3-1-4-10-17/h1-6,9-12H,7-8,13,15H2. The van der Waals surface area contributed by atoms with Crippen molar-refractivity contribution < 1.29 is 4.79 Å². The Morgan fingerprint density at radius 1 is 0.857 bits per heavy atom. The van der Waals surface area contributed by atoms with E-state index in [1.165, 1.54) is 0 Å². The molecule has 1 atom stereocenters. The van der Waals surface area contributed by atoms with E-state index in [1.54, 1.807) is 0 Å². The largest absolute Gasteiger partial charge is 0.298 e. The van der Waals surface area contributed by atoms with Gasteiger partial charge in [0.05, 0.1) is 0 Å². The first kappa shape index (κ1) is 13.6. The van der Waals surface area contributed by atoms with E-state index >= 15 is 0 Å². The Hall–Kier alpha value is -2.33. The molecule has 1 aliphatic carbocycles. The van der Waals surface area contributed by atoms with E-state index in [2.05, 4.69) is 11.8 Å². The highest BCUT2D eigenvalue weighted by molar-refractivity contribution is 5.94. The molecule has 2 aromatic rings. The second-order valence-corrected chi connectivity index (χ2v) is 5.52. The quantitative estimate of drug-likeness (QED) is 0.715. The Kier molecular flexibility index (Phi) is 3.88. The van der Waals surface area contributed by atoms with Crippen LogP contribution in [0.15, 0.2) is 60.7 Å². The van der Waals surface area contributed by atoms with Crippen LogP contribution >= 0.6 is 0 Å². The van der Waals surface area contributed by atoms with Crippen molar-refractivity contribution in [1.29, 1.82) is 0 Å². The first-order valence-corrected chi connectivity index (χ1v) is 7.48. The Morgan fingerprint density at radius 3 is 2.19 bits per heavy atom. The van der Waals surface area contributed by atoms with E-state index in [9.17, 15) is 4.79 Å². The number of hydrogen-bond donors (Lipinski definition) is 0. The molecule has 0 N–H and O–H groups in total. The molecule has 1 fully saturated rings. The molecule has 0 radical (unpaired) electrons. The molecule has 1 heteroatoms. The van der Waals surface area contributed by atoms with Crippen molar-refractivity contribution >= 4 is 5.78 Å². The van der Waals surface area contributed by atoms with Crippen molar-refractivity contribution in [1.82, 2.24) is 0 Å². The van der Waals surface area contributed by atoms with E-state index in [0.717, 1.165) is 30.4 Å². The Labute approximate surface area is 126 Å². The fourth-order valence-electron chi connectivity index (χ4n) is 2.96. The van der Waals surface area contributed by atoms with Gasteiger partial charge in [0.15, 0.2) is 5.78 Å². The van der Waals surface area contributed by atoms with Gasteiger partial charge in [-0.2, -0.15) is 0 Å². The predicted octanol–water partition coefficient (Wildman–Crippen LogP) is 4.12. The summed E-state index contributed by atoms with van der Waals surface area (Å²) in [7, 11) is 0. The lowest BCUT2D eigenvalue weighted by Crippen LogP contribution is -2.37. The number of hydrogen-bond acceptors (Lipinski definition) is 1. The first-order valence-electron chi connectivity index (χ1n) is 7.48. The molecule has 1 aliphatic rings. The maximum atomic E-state index is 12.6. The van der Waals surface area contributed by atoms with Crippen molar-refractivity contribution in [2.24, 2.45) is 0 Å². The van der Waals surface area contributed by atoms with Gasteiger partial charge in [-0.1, -0.05) is 66.8 Å². The summed E-state index contributed by atoms with van der Waals surface area (Å²) in [6, 6.07) is 19.9. The number of carbonyl (C=O) groups is 1. The van der Waals surface area contributed by atoms with Crippen molar-refractivity contribution in [2.75, 3.05) is 0 Å². The number of Topliss-reactive ketones (excluding diaryl/α,β-unsaturated/α-hetero) is 1. The summed E-state index contributed by atoms with van der Waals surface area (Å²) in [5.74, 6) is 6.80. The molecule has 3 rings (SSSR count). The molecule has 1 nitrogen and oxygen atoms in total. The van der Waals surface area contributed by atoms with Crippen LogP contribution in [0.3, 0.4) is 0 Å². The molecule has 1 unspecified atom stereocenters. The van der Waals surface area contributed by atoms with E-state index in [4.69, 9.17) is 0 Å². The highest BCUT2D eigenvalue weighted by Gasteiger charge is 2.39. The highest BCUT2D eigenvalue weighted by atomic mass is 16.1. The lowest BCUT2D eigenvalue weighted by atomic mass is 9.69. The summed E-state index contributed by atoms with van der Waals surface area (Å²) in [5.41, 5.74) is 1.39. The molecule has 0 amide bonds. The second kappa shape index (κ2) is 5.97. The van der Waals surface area contributed by atoms with Gasteiger partial charge in [-0.15, -0.1) is 0 Å². The number of carbonyl (C=O) groups excluding carboxylic acids is 1. The maximum absolute atomic E-state index is 12.6. The van der Waals surface area contributed by atoms with Crippen molar-refractivity contribution in [3.05, 3.63) is 71.8 Å². The minimum Gasteiger partial charge on any atom is -0.298 e. The molecule has 0 heterocycles. The lowest BCUT2D eigenvalue weighted by Gasteiger charge is -2.31. The van der Waals surface area contributed by atoms with Crippen molar-refractivity contribution in [3.8, 4) is 11.8 Å². The summed E-state index contributed by atoms with van der Waals surface area (Å²) in [5, 5.41) is 0. The topological polar surface area (TPSA) is 17.1 Å². The van der Waals surface area contributed by atoms with Crippen LogP contribution in [0.4, 0.5) is 0 Å². The normalized spacial score (nSPS) is 21.4. The predicted molar refractivity (Wildman–Crippen MR) is 84.9 cm³/mol. The number of rotatable bonds is 1. The van der Waals surface area contributed by atoms with Gasteiger partial charge in [0.1, 0.15) is 5.41 Å². The van der Waals surface area contributed by atoms with E-state index in [0.29, 0.717) is 6.42 Å². The molecule has 104 valence electrons. The van der Waals surface area contributed by atoms with Gasteiger partial charge in [0, 0.05) is 12.0 Å². The molecule has 0 aromatic heterocycles. The minimum absolute atomic E-state index is 0.267. The molecule has 21 heavy (non-hydrogen) atoms. The van der Waals surface area contributed by atoms with Crippen LogP contribution in [-0.2, 0) is 10.2 Å². The maximum Gasteiger partial charge on any atom is 0.155 e. The zero-order chi connectivity index (χ0) is 14.5. The second-order valence-electron chi connectivity index (χ2n) is 5.52. The summed E-state index contributed by atoms with van der Waals surface area (Å²) in [6.45, 7) is 0. The monoisotopic (exact) mass is 274 g/mol. The Morgan fingerprint density at radius 2 is 1.52 bits per heavy atom. The van der Waals surface area contributed by atoms with Gasteiger partial charge in [-0.3, -0.25) is 4.79 Å². The van der Waals surface area contributed by atoms with E-state index < -0.39 is 5.41 Å². The summed E-state index contributed by atoms with van der Waals surface area (Å²) >= 11 is 0. The van der Waals surface area contributed by atoms with Crippen LogP contribution in [0.5, 0.6) is 0 Å². The molecular weight excluding hydrogens is 256 g/mol. The van der Waals surface area contributed by atoms with Crippen LogP contribution in [0.1, 0.15) is 36.8 Å². The number of ketones is 1. The Balaban J connectivity index is 2.06. The van der Waals surface area contributed by atoms with E-state index in [-0.39, 0.29) is 5.78 Å². The van der Waals surface area contributed by atoms with Crippen molar-refractivity contribution in [3.63, 3.8) is 0 Å². The summed E-state index contributed by atoms with van der Waals surface area (Å²) in [6.07, 6.45) is 3.51. The molecular formula is C20H18O. The average molecular weight is 274 g/mol. The van der Waals surface area contributed by atoms with Gasteiger partial charge < -0.3 is 0 Å². The van der Waals surface area contributed by atoms with Crippen LogP contribution in [-0.4, -0.2) is 5.78 Å². The van der Waals surface area contributed by atoms with Gasteiger partial charge in [-0.25, -0.2) is 0 Å². The van der Waals surface area contributed by atoms with Crippen LogP contribution in [0.2, 0.25) is 0 Å². The molecule has 0 spiro atoms. The zero-order valence-corrected chi connectivity index (χ0v) is 12.0. The van der Waals surface area contributed by atoms with Crippen LogP contribution in [0, 0.1) is 11.8 Å². The third kappa shape index (κ3) is 2.76. The van der Waals surface area contributed by atoms with Crippen LogP contribution < -0.4 is 0 Å². The number of benzene rings is 2. The smallest absolute Gasteiger partial charge is 0.155 e. The third-order valence-corrected chi connectivity index (χ3v) is 4.14. The fraction of sp³-hybridized carbons (Fsp3) is 0.250. The molecule has 2 aromatic carbocycles. The lowest BCUT2D eigenvalue weighted by molar-refractivity contribution is -0.124. The van der Waals surface area contributed by atoms with Gasteiger partial charge in [0.2, 0.25) is 0 Å². The van der Waals surface area contributed by atoms with Gasteiger partial charge in [-0.05, 0) is 30.5 Å². The van der Waals surface area contributed by atoms with Gasteiger partial charge >= 0.3 is 0 Å². The minimum atomic E-state index is -0.616. The zero-order valence-electron chi connectivity index (χ0n) is 12.0. The molecule has 1 saturated carbocycles. The third-order valence-electron chi connectivity index (χ3n) is 4.14.